The minimum Gasteiger partial charge on any atom is -0.462 e. The monoisotopic (exact) mass is 410 g/mol. The lowest BCUT2D eigenvalue weighted by Gasteiger charge is -2.18. The number of esters is 1. The predicted octanol–water partition coefficient (Wildman–Crippen LogP) is 3.16. The van der Waals surface area contributed by atoms with E-state index in [9.17, 15) is 18.0 Å². The van der Waals surface area contributed by atoms with Gasteiger partial charge in [0.15, 0.2) is 0 Å². The fourth-order valence-electron chi connectivity index (χ4n) is 2.18. The number of hydrogen-bond acceptors (Lipinski definition) is 5. The maximum Gasteiger partial charge on any atom is 0.338 e. The molecule has 27 heavy (non-hydrogen) atoms. The lowest BCUT2D eigenvalue weighted by Crippen LogP contribution is -2.25. The van der Waals surface area contributed by atoms with Gasteiger partial charge in [0, 0.05) is 12.7 Å². The summed E-state index contributed by atoms with van der Waals surface area (Å²) >= 11 is 6.09. The number of ether oxygens (including phenoxy) is 1. The van der Waals surface area contributed by atoms with Gasteiger partial charge in [-0.1, -0.05) is 11.6 Å². The van der Waals surface area contributed by atoms with Gasteiger partial charge in [0.2, 0.25) is 10.0 Å². The van der Waals surface area contributed by atoms with Gasteiger partial charge in [0.1, 0.15) is 0 Å². The van der Waals surface area contributed by atoms with E-state index in [1.165, 1.54) is 37.4 Å². The van der Waals surface area contributed by atoms with E-state index in [0.29, 0.717) is 16.9 Å². The molecule has 0 saturated heterocycles. The van der Waals surface area contributed by atoms with Gasteiger partial charge in [-0.05, 0) is 49.4 Å². The molecule has 0 spiro atoms. The lowest BCUT2D eigenvalue weighted by atomic mass is 10.1. The first kappa shape index (κ1) is 20.7. The summed E-state index contributed by atoms with van der Waals surface area (Å²) in [4.78, 5) is 24.2. The third-order valence-corrected chi connectivity index (χ3v) is 5.24. The van der Waals surface area contributed by atoms with E-state index in [1.54, 1.807) is 19.1 Å². The standard InChI is InChI=1S/C18H19ClN2O5S/c1-4-26-18(23)12-5-7-13(8-6-12)20-17(22)15-11-14(9-10-16(15)19)21(2)27(3,24)25/h5-11H,4H2,1-3H3,(H,20,22). The van der Waals surface area contributed by atoms with Crippen LogP contribution in [-0.4, -0.2) is 40.2 Å². The summed E-state index contributed by atoms with van der Waals surface area (Å²) in [7, 11) is -2.09. The molecule has 144 valence electrons. The van der Waals surface area contributed by atoms with Crippen LogP contribution in [0.15, 0.2) is 42.5 Å². The Labute approximate surface area is 162 Å². The molecule has 1 amide bonds. The molecular weight excluding hydrogens is 392 g/mol. The number of nitrogens with zero attached hydrogens (tertiary/aromatic N) is 1. The van der Waals surface area contributed by atoms with Crippen LogP contribution in [0.5, 0.6) is 0 Å². The van der Waals surface area contributed by atoms with Crippen LogP contribution >= 0.6 is 11.6 Å². The van der Waals surface area contributed by atoms with Crippen molar-refractivity contribution in [3.63, 3.8) is 0 Å². The topological polar surface area (TPSA) is 92.8 Å². The molecule has 9 heteroatoms. The fraction of sp³-hybridized carbons (Fsp3) is 0.222. The summed E-state index contributed by atoms with van der Waals surface area (Å²) < 4.78 is 29.3. The van der Waals surface area contributed by atoms with Crippen LogP contribution in [0.3, 0.4) is 0 Å². The third-order valence-electron chi connectivity index (χ3n) is 3.71. The quantitative estimate of drug-likeness (QED) is 0.738. The fourth-order valence-corrected chi connectivity index (χ4v) is 2.88. The molecule has 2 aromatic carbocycles. The van der Waals surface area contributed by atoms with E-state index in [4.69, 9.17) is 16.3 Å². The van der Waals surface area contributed by atoms with E-state index in [0.717, 1.165) is 10.6 Å². The minimum atomic E-state index is -3.47. The summed E-state index contributed by atoms with van der Waals surface area (Å²) in [6, 6.07) is 10.5. The number of carbonyl (C=O) groups is 2. The maximum atomic E-state index is 12.5. The molecule has 7 nitrogen and oxygen atoms in total. The van der Waals surface area contributed by atoms with Crippen LogP contribution in [0, 0.1) is 0 Å². The summed E-state index contributed by atoms with van der Waals surface area (Å²) in [6.07, 6.45) is 1.06. The molecule has 0 unspecified atom stereocenters. The Morgan fingerprint density at radius 1 is 1.15 bits per heavy atom. The molecule has 0 aliphatic carbocycles. The van der Waals surface area contributed by atoms with Gasteiger partial charge >= 0.3 is 5.97 Å². The number of nitrogens with one attached hydrogen (secondary N) is 1. The molecule has 0 aliphatic heterocycles. The SMILES string of the molecule is CCOC(=O)c1ccc(NC(=O)c2cc(N(C)S(C)(=O)=O)ccc2Cl)cc1. The van der Waals surface area contributed by atoms with Crippen LogP contribution in [0.4, 0.5) is 11.4 Å². The van der Waals surface area contributed by atoms with Crippen LogP contribution < -0.4 is 9.62 Å². The summed E-state index contributed by atoms with van der Waals surface area (Å²) in [6.45, 7) is 1.99. The summed E-state index contributed by atoms with van der Waals surface area (Å²) in [5.74, 6) is -0.956. The van der Waals surface area contributed by atoms with Crippen LogP contribution in [0.25, 0.3) is 0 Å². The summed E-state index contributed by atoms with van der Waals surface area (Å²) in [5, 5.41) is 2.84. The molecule has 2 rings (SSSR count). The predicted molar refractivity (Wildman–Crippen MR) is 105 cm³/mol. The highest BCUT2D eigenvalue weighted by Crippen LogP contribution is 2.25. The molecule has 0 saturated carbocycles. The highest BCUT2D eigenvalue weighted by Gasteiger charge is 2.17. The van der Waals surface area contributed by atoms with Crippen molar-refractivity contribution in [1.29, 1.82) is 0 Å². The Morgan fingerprint density at radius 3 is 2.33 bits per heavy atom. The Hall–Kier alpha value is -2.58. The van der Waals surface area contributed by atoms with Crippen molar-refractivity contribution in [2.45, 2.75) is 6.92 Å². The van der Waals surface area contributed by atoms with Gasteiger partial charge in [-0.25, -0.2) is 13.2 Å². The van der Waals surface area contributed by atoms with E-state index in [2.05, 4.69) is 5.32 Å². The van der Waals surface area contributed by atoms with Crippen LogP contribution in [-0.2, 0) is 14.8 Å². The number of benzene rings is 2. The Kier molecular flexibility index (Phi) is 6.45. The second-order valence-electron chi connectivity index (χ2n) is 5.65. The van der Waals surface area contributed by atoms with Crippen molar-refractivity contribution in [2.75, 3.05) is 29.5 Å². The number of hydrogen-bond donors (Lipinski definition) is 1. The minimum absolute atomic E-state index is 0.124. The van der Waals surface area contributed by atoms with Gasteiger partial charge in [0.25, 0.3) is 5.91 Å². The van der Waals surface area contributed by atoms with E-state index >= 15 is 0 Å². The number of sulfonamides is 1. The van der Waals surface area contributed by atoms with Crippen molar-refractivity contribution in [3.05, 3.63) is 58.6 Å². The first-order chi connectivity index (χ1) is 12.6. The van der Waals surface area contributed by atoms with Crippen LogP contribution in [0.2, 0.25) is 5.02 Å². The van der Waals surface area contributed by atoms with Crippen molar-refractivity contribution < 1.29 is 22.7 Å². The normalized spacial score (nSPS) is 11.0. The second-order valence-corrected chi connectivity index (χ2v) is 8.07. The highest BCUT2D eigenvalue weighted by atomic mass is 35.5. The lowest BCUT2D eigenvalue weighted by molar-refractivity contribution is 0.0526. The van der Waals surface area contributed by atoms with Gasteiger partial charge in [0.05, 0.1) is 34.7 Å². The zero-order valence-electron chi connectivity index (χ0n) is 15.0. The molecule has 0 heterocycles. The molecule has 0 atom stereocenters. The second kappa shape index (κ2) is 8.41. The van der Waals surface area contributed by atoms with Crippen molar-refractivity contribution in [2.24, 2.45) is 0 Å². The van der Waals surface area contributed by atoms with Crippen molar-refractivity contribution in [3.8, 4) is 0 Å². The molecule has 0 aromatic heterocycles. The van der Waals surface area contributed by atoms with E-state index < -0.39 is 21.9 Å². The first-order valence-corrected chi connectivity index (χ1v) is 10.2. The average Bonchev–Trinajstić information content (AvgIpc) is 2.61. The Morgan fingerprint density at radius 2 is 1.78 bits per heavy atom. The largest absolute Gasteiger partial charge is 0.462 e. The Balaban J connectivity index is 2.22. The zero-order valence-corrected chi connectivity index (χ0v) is 16.6. The zero-order chi connectivity index (χ0) is 20.2. The number of carbonyl (C=O) groups excluding carboxylic acids is 2. The van der Waals surface area contributed by atoms with Gasteiger partial charge in [-0.3, -0.25) is 9.10 Å². The molecule has 0 bridgehead atoms. The first-order valence-electron chi connectivity index (χ1n) is 7.95. The number of rotatable bonds is 6. The molecular formula is C18H19ClN2O5S. The Bertz CT molecular complexity index is 958. The van der Waals surface area contributed by atoms with E-state index in [1.807, 2.05) is 0 Å². The van der Waals surface area contributed by atoms with Crippen molar-refractivity contribution >= 4 is 44.9 Å². The molecule has 0 aliphatic rings. The molecule has 0 radical (unpaired) electrons. The van der Waals surface area contributed by atoms with E-state index in [-0.39, 0.29) is 17.2 Å². The summed E-state index contributed by atoms with van der Waals surface area (Å²) in [5.41, 5.74) is 1.25. The van der Waals surface area contributed by atoms with Gasteiger partial charge < -0.3 is 10.1 Å². The number of anilines is 2. The molecule has 0 fully saturated rings. The molecule has 2 aromatic rings. The number of amides is 1. The van der Waals surface area contributed by atoms with Crippen LogP contribution in [0.1, 0.15) is 27.6 Å². The third kappa shape index (κ3) is 5.21. The smallest absolute Gasteiger partial charge is 0.338 e. The highest BCUT2D eigenvalue weighted by molar-refractivity contribution is 7.92. The average molecular weight is 411 g/mol. The van der Waals surface area contributed by atoms with Gasteiger partial charge in [-0.15, -0.1) is 0 Å². The maximum absolute atomic E-state index is 12.5. The van der Waals surface area contributed by atoms with Crippen molar-refractivity contribution in [1.82, 2.24) is 0 Å². The molecule has 1 N–H and O–H groups in total. The van der Waals surface area contributed by atoms with Gasteiger partial charge in [-0.2, -0.15) is 0 Å². The number of halogens is 1.